The first-order chi connectivity index (χ1) is 12.3. The highest BCUT2D eigenvalue weighted by molar-refractivity contribution is 5.77. The fourth-order valence-corrected chi connectivity index (χ4v) is 4.80. The van der Waals surface area contributed by atoms with E-state index in [9.17, 15) is 4.79 Å². The molecule has 25 heavy (non-hydrogen) atoms. The number of rotatable bonds is 5. The molecule has 1 aromatic rings. The molecule has 136 valence electrons. The molecule has 4 rings (SSSR count). The van der Waals surface area contributed by atoms with Gasteiger partial charge in [-0.1, -0.05) is 49.6 Å². The molecule has 3 heteroatoms. The Balaban J connectivity index is 1.42. The zero-order valence-corrected chi connectivity index (χ0v) is 15.4. The van der Waals surface area contributed by atoms with Gasteiger partial charge in [0.1, 0.15) is 0 Å². The predicted octanol–water partition coefficient (Wildman–Crippen LogP) is 3.87. The van der Waals surface area contributed by atoms with Crippen LogP contribution in [0.2, 0.25) is 0 Å². The molecule has 1 heterocycles. The molecule has 2 saturated carbocycles. The fraction of sp³-hybridized carbons (Fsp3) is 0.682. The minimum Gasteiger partial charge on any atom is -0.337 e. The van der Waals surface area contributed by atoms with Crippen molar-refractivity contribution in [3.8, 4) is 0 Å². The molecule has 0 spiro atoms. The molecule has 0 bridgehead atoms. The van der Waals surface area contributed by atoms with Crippen LogP contribution in [-0.2, 0) is 11.2 Å². The van der Waals surface area contributed by atoms with E-state index in [1.54, 1.807) is 0 Å². The third-order valence-electron chi connectivity index (χ3n) is 6.40. The zero-order chi connectivity index (χ0) is 17.1. The van der Waals surface area contributed by atoms with Crippen molar-refractivity contribution in [1.29, 1.82) is 0 Å². The summed E-state index contributed by atoms with van der Waals surface area (Å²) in [7, 11) is 0. The van der Waals surface area contributed by atoms with Crippen molar-refractivity contribution in [1.82, 2.24) is 9.80 Å². The molecule has 3 nitrogen and oxygen atoms in total. The summed E-state index contributed by atoms with van der Waals surface area (Å²) in [6.45, 7) is 3.07. The van der Waals surface area contributed by atoms with Gasteiger partial charge in [0, 0.05) is 38.1 Å². The van der Waals surface area contributed by atoms with Gasteiger partial charge in [0.05, 0.1) is 0 Å². The van der Waals surface area contributed by atoms with Gasteiger partial charge in [0.2, 0.25) is 5.91 Å². The van der Waals surface area contributed by atoms with Crippen molar-refractivity contribution in [3.05, 3.63) is 35.9 Å². The summed E-state index contributed by atoms with van der Waals surface area (Å²) in [5, 5.41) is 0. The van der Waals surface area contributed by atoms with E-state index in [0.29, 0.717) is 17.9 Å². The first-order valence-electron chi connectivity index (χ1n) is 10.4. The van der Waals surface area contributed by atoms with Gasteiger partial charge >= 0.3 is 0 Å². The lowest BCUT2D eigenvalue weighted by Crippen LogP contribution is -2.56. The highest BCUT2D eigenvalue weighted by atomic mass is 16.2. The van der Waals surface area contributed by atoms with Gasteiger partial charge in [-0.25, -0.2) is 0 Å². The van der Waals surface area contributed by atoms with Gasteiger partial charge in [0.15, 0.2) is 0 Å². The Morgan fingerprint density at radius 3 is 2.44 bits per heavy atom. The van der Waals surface area contributed by atoms with Crippen molar-refractivity contribution in [3.63, 3.8) is 0 Å². The number of hydrogen-bond acceptors (Lipinski definition) is 2. The van der Waals surface area contributed by atoms with E-state index in [4.69, 9.17) is 0 Å². The zero-order valence-electron chi connectivity index (χ0n) is 15.4. The minimum atomic E-state index is 0.354. The van der Waals surface area contributed by atoms with Crippen molar-refractivity contribution in [2.75, 3.05) is 19.6 Å². The molecule has 1 atom stereocenters. The summed E-state index contributed by atoms with van der Waals surface area (Å²) in [6, 6.07) is 11.9. The Kier molecular flexibility index (Phi) is 5.40. The lowest BCUT2D eigenvalue weighted by molar-refractivity contribution is -0.137. The molecule has 1 unspecified atom stereocenters. The second kappa shape index (κ2) is 7.90. The molecule has 3 aliphatic rings. The van der Waals surface area contributed by atoms with Crippen molar-refractivity contribution >= 4 is 5.91 Å². The predicted molar refractivity (Wildman–Crippen MR) is 101 cm³/mol. The molecule has 0 radical (unpaired) electrons. The second-order valence-corrected chi connectivity index (χ2v) is 8.36. The number of carbonyl (C=O) groups is 1. The van der Waals surface area contributed by atoms with E-state index in [1.807, 2.05) is 0 Å². The monoisotopic (exact) mass is 340 g/mol. The summed E-state index contributed by atoms with van der Waals surface area (Å²) >= 11 is 0. The van der Waals surface area contributed by atoms with E-state index in [-0.39, 0.29) is 0 Å². The molecular formula is C22H32N2O. The first-order valence-corrected chi connectivity index (χ1v) is 10.4. The lowest BCUT2D eigenvalue weighted by atomic mass is 9.86. The lowest BCUT2D eigenvalue weighted by Gasteiger charge is -2.42. The average molecular weight is 341 g/mol. The molecule has 1 amide bonds. The Labute approximate surface area is 152 Å². The maximum absolute atomic E-state index is 13.1. The van der Waals surface area contributed by atoms with Crippen LogP contribution in [0.3, 0.4) is 0 Å². The number of amides is 1. The molecule has 0 aromatic heterocycles. The first kappa shape index (κ1) is 17.1. The smallest absolute Gasteiger partial charge is 0.223 e. The topological polar surface area (TPSA) is 23.6 Å². The molecule has 0 N–H and O–H groups in total. The van der Waals surface area contributed by atoms with Crippen molar-refractivity contribution in [2.45, 2.75) is 69.9 Å². The second-order valence-electron chi connectivity index (χ2n) is 8.36. The summed E-state index contributed by atoms with van der Waals surface area (Å²) in [5.41, 5.74) is 1.36. The maximum Gasteiger partial charge on any atom is 0.223 e. The maximum atomic E-state index is 13.1. The van der Waals surface area contributed by atoms with Gasteiger partial charge in [-0.15, -0.1) is 0 Å². The van der Waals surface area contributed by atoms with E-state index >= 15 is 0 Å². The Hall–Kier alpha value is -1.35. The molecule has 1 aliphatic heterocycles. The van der Waals surface area contributed by atoms with Crippen LogP contribution in [0.25, 0.3) is 0 Å². The number of carbonyl (C=O) groups excluding carboxylic acids is 1. The van der Waals surface area contributed by atoms with Crippen LogP contribution < -0.4 is 0 Å². The van der Waals surface area contributed by atoms with Gasteiger partial charge in [-0.3, -0.25) is 9.69 Å². The summed E-state index contributed by atoms with van der Waals surface area (Å²) in [6.07, 6.45) is 11.0. The Morgan fingerprint density at radius 2 is 1.72 bits per heavy atom. The summed E-state index contributed by atoms with van der Waals surface area (Å²) in [5.74, 6) is 1.06. The van der Waals surface area contributed by atoms with Crippen molar-refractivity contribution < 1.29 is 4.79 Å². The largest absolute Gasteiger partial charge is 0.337 e. The van der Waals surface area contributed by atoms with Gasteiger partial charge in [-0.2, -0.15) is 0 Å². The van der Waals surface area contributed by atoms with Gasteiger partial charge in [-0.05, 0) is 43.6 Å². The quantitative estimate of drug-likeness (QED) is 0.812. The van der Waals surface area contributed by atoms with Gasteiger partial charge in [0.25, 0.3) is 0 Å². The Morgan fingerprint density at radius 1 is 0.960 bits per heavy atom. The highest BCUT2D eigenvalue weighted by Crippen LogP contribution is 2.31. The van der Waals surface area contributed by atoms with E-state index in [2.05, 4.69) is 40.1 Å². The number of nitrogens with zero attached hydrogens (tertiary/aromatic N) is 2. The summed E-state index contributed by atoms with van der Waals surface area (Å²) in [4.78, 5) is 17.9. The SMILES string of the molecule is O=C(CC1CCCCC1)N1CCN(C2CC2)CC1Cc1ccccc1. The van der Waals surface area contributed by atoms with Crippen LogP contribution >= 0.6 is 0 Å². The van der Waals surface area contributed by atoms with Crippen LogP contribution in [0.15, 0.2) is 30.3 Å². The number of hydrogen-bond donors (Lipinski definition) is 0. The molecule has 3 fully saturated rings. The van der Waals surface area contributed by atoms with Crippen LogP contribution in [0.1, 0.15) is 56.9 Å². The molecular weight excluding hydrogens is 308 g/mol. The summed E-state index contributed by atoms with van der Waals surface area (Å²) < 4.78 is 0. The van der Waals surface area contributed by atoms with Crippen LogP contribution in [-0.4, -0.2) is 47.4 Å². The Bertz CT molecular complexity index is 563. The van der Waals surface area contributed by atoms with Crippen LogP contribution in [0.5, 0.6) is 0 Å². The van der Waals surface area contributed by atoms with E-state index in [1.165, 1.54) is 50.5 Å². The molecule has 1 saturated heterocycles. The van der Waals surface area contributed by atoms with Crippen LogP contribution in [0.4, 0.5) is 0 Å². The average Bonchev–Trinajstić information content (AvgIpc) is 3.48. The molecule has 2 aliphatic carbocycles. The number of piperazine rings is 1. The van der Waals surface area contributed by atoms with E-state index in [0.717, 1.165) is 38.5 Å². The van der Waals surface area contributed by atoms with Gasteiger partial charge < -0.3 is 4.90 Å². The fourth-order valence-electron chi connectivity index (χ4n) is 4.80. The van der Waals surface area contributed by atoms with Crippen LogP contribution in [0, 0.1) is 5.92 Å². The third-order valence-corrected chi connectivity index (χ3v) is 6.40. The number of benzene rings is 1. The third kappa shape index (κ3) is 4.44. The van der Waals surface area contributed by atoms with Crippen molar-refractivity contribution in [2.24, 2.45) is 5.92 Å². The standard InChI is InChI=1S/C22H32N2O/c25-22(16-19-9-5-2-6-10-19)24-14-13-23(20-11-12-20)17-21(24)15-18-7-3-1-4-8-18/h1,3-4,7-8,19-21H,2,5-6,9-17H2. The minimum absolute atomic E-state index is 0.354. The van der Waals surface area contributed by atoms with E-state index < -0.39 is 0 Å². The highest BCUT2D eigenvalue weighted by Gasteiger charge is 2.37. The molecule has 1 aromatic carbocycles. The normalized spacial score (nSPS) is 25.9.